The fourth-order valence-electron chi connectivity index (χ4n) is 0.622. The highest BCUT2D eigenvalue weighted by atomic mass is 35.5. The van der Waals surface area contributed by atoms with Gasteiger partial charge in [0.15, 0.2) is 0 Å². The van der Waals surface area contributed by atoms with Gasteiger partial charge in [-0.1, -0.05) is 5.17 Å². The van der Waals surface area contributed by atoms with Crippen LogP contribution in [0.2, 0.25) is 0 Å². The molecular weight excluding hydrogens is 255 g/mol. The van der Waals surface area contributed by atoms with Gasteiger partial charge >= 0.3 is 0 Å². The minimum Gasteiger partial charge on any atom is -0.367 e. The predicted octanol–water partition coefficient (Wildman–Crippen LogP) is -0.539. The first kappa shape index (κ1) is 15.7. The Bertz CT molecular complexity index is 265. The molecule has 6 N–H and O–H groups in total. The van der Waals surface area contributed by atoms with Crippen molar-refractivity contribution in [2.75, 3.05) is 19.9 Å². The topological polar surface area (TPSA) is 122 Å². The second-order valence-electron chi connectivity index (χ2n) is 2.86. The van der Waals surface area contributed by atoms with Crippen LogP contribution in [0, 0.1) is 5.41 Å². The van der Waals surface area contributed by atoms with Gasteiger partial charge in [-0.2, -0.15) is 0 Å². The number of nitrogens with one attached hydrogen (secondary N) is 2. The molecule has 0 bridgehead atoms. The van der Waals surface area contributed by atoms with Gasteiger partial charge in [0.05, 0.1) is 12.0 Å². The molecule has 0 aromatic rings. The third-order valence-electron chi connectivity index (χ3n) is 1.19. The summed E-state index contributed by atoms with van der Waals surface area (Å²) in [5, 5.41) is 11.0. The van der Waals surface area contributed by atoms with E-state index < -0.39 is 12.6 Å². The first-order valence-corrected chi connectivity index (χ1v) is 5.10. The fourth-order valence-corrected chi connectivity index (χ4v) is 0.685. The van der Waals surface area contributed by atoms with Gasteiger partial charge in [-0.05, 0) is 6.92 Å². The Morgan fingerprint density at radius 2 is 2.29 bits per heavy atom. The number of alkyl halides is 2. The summed E-state index contributed by atoms with van der Waals surface area (Å²) in [4.78, 5) is 9.51. The Balaban J connectivity index is 4.14. The number of guanidine groups is 2. The SMILES string of the molecule is CC(Cl)CONC(N)=NN(OCCF)C(=N)N. The van der Waals surface area contributed by atoms with Gasteiger partial charge in [0.25, 0.3) is 0 Å². The van der Waals surface area contributed by atoms with Crippen LogP contribution >= 0.6 is 11.6 Å². The molecule has 17 heavy (non-hydrogen) atoms. The van der Waals surface area contributed by atoms with Crippen molar-refractivity contribution in [3.8, 4) is 0 Å². The number of hydrazone groups is 1. The summed E-state index contributed by atoms with van der Waals surface area (Å²) in [6.07, 6.45) is 0. The molecule has 0 spiro atoms. The van der Waals surface area contributed by atoms with Gasteiger partial charge in [-0.25, -0.2) is 14.7 Å². The lowest BCUT2D eigenvalue weighted by Gasteiger charge is -2.16. The Kier molecular flexibility index (Phi) is 8.11. The largest absolute Gasteiger partial charge is 0.367 e. The van der Waals surface area contributed by atoms with Crippen LogP contribution in [0.25, 0.3) is 0 Å². The van der Waals surface area contributed by atoms with E-state index in [1.807, 2.05) is 0 Å². The van der Waals surface area contributed by atoms with Crippen LogP contribution in [-0.4, -0.2) is 42.4 Å². The number of hydrogen-bond acceptors (Lipinski definition) is 4. The molecule has 0 heterocycles. The van der Waals surface area contributed by atoms with Crippen molar-refractivity contribution >= 4 is 23.5 Å². The third kappa shape index (κ3) is 8.48. The van der Waals surface area contributed by atoms with Crippen LogP contribution < -0.4 is 16.9 Å². The number of nitrogens with zero attached hydrogens (tertiary/aromatic N) is 2. The summed E-state index contributed by atoms with van der Waals surface area (Å²) in [6, 6.07) is 0. The summed E-state index contributed by atoms with van der Waals surface area (Å²) < 4.78 is 11.8. The average molecular weight is 271 g/mol. The molecule has 0 aliphatic carbocycles. The van der Waals surface area contributed by atoms with E-state index >= 15 is 0 Å². The van der Waals surface area contributed by atoms with E-state index in [2.05, 4.69) is 15.4 Å². The lowest BCUT2D eigenvalue weighted by molar-refractivity contribution is -0.105. The van der Waals surface area contributed by atoms with Crippen LogP contribution in [-0.2, 0) is 9.68 Å². The minimum absolute atomic E-state index is 0.198. The van der Waals surface area contributed by atoms with Crippen molar-refractivity contribution in [1.82, 2.24) is 10.7 Å². The maximum Gasteiger partial charge on any atom is 0.238 e. The van der Waals surface area contributed by atoms with Crippen molar-refractivity contribution in [3.63, 3.8) is 0 Å². The van der Waals surface area contributed by atoms with Crippen LogP contribution in [0.1, 0.15) is 6.92 Å². The monoisotopic (exact) mass is 270 g/mol. The van der Waals surface area contributed by atoms with E-state index in [9.17, 15) is 4.39 Å². The second kappa shape index (κ2) is 8.79. The average Bonchev–Trinajstić information content (AvgIpc) is 2.23. The van der Waals surface area contributed by atoms with Gasteiger partial charge in [0.2, 0.25) is 11.9 Å². The minimum atomic E-state index is -0.743. The number of hydrogen-bond donors (Lipinski definition) is 4. The Morgan fingerprint density at radius 1 is 1.65 bits per heavy atom. The highest BCUT2D eigenvalue weighted by Gasteiger charge is 2.07. The fraction of sp³-hybridized carbons (Fsp3) is 0.714. The molecule has 0 aliphatic rings. The molecule has 0 aliphatic heterocycles. The zero-order chi connectivity index (χ0) is 13.3. The molecular formula is C7H16ClFN6O2. The van der Waals surface area contributed by atoms with E-state index in [1.54, 1.807) is 6.92 Å². The number of hydroxylamine groups is 2. The van der Waals surface area contributed by atoms with Crippen LogP contribution in [0.15, 0.2) is 5.10 Å². The summed E-state index contributed by atoms with van der Waals surface area (Å²) >= 11 is 5.61. The maximum absolute atomic E-state index is 11.8. The summed E-state index contributed by atoms with van der Waals surface area (Å²) in [5.41, 5.74) is 12.7. The third-order valence-corrected chi connectivity index (χ3v) is 1.31. The van der Waals surface area contributed by atoms with E-state index in [0.29, 0.717) is 5.17 Å². The molecule has 0 aromatic heterocycles. The van der Waals surface area contributed by atoms with Gasteiger partial charge in [-0.15, -0.1) is 16.7 Å². The Labute approximate surface area is 103 Å². The van der Waals surface area contributed by atoms with Crippen molar-refractivity contribution < 1.29 is 14.1 Å². The normalized spacial score (nSPS) is 13.2. The number of rotatable bonds is 7. The first-order valence-electron chi connectivity index (χ1n) is 4.66. The lowest BCUT2D eigenvalue weighted by atomic mass is 10.5. The van der Waals surface area contributed by atoms with Gasteiger partial charge in [-0.3, -0.25) is 10.2 Å². The van der Waals surface area contributed by atoms with E-state index in [4.69, 9.17) is 33.3 Å². The van der Waals surface area contributed by atoms with Crippen LogP contribution in [0.4, 0.5) is 4.39 Å². The molecule has 0 saturated heterocycles. The van der Waals surface area contributed by atoms with Crippen molar-refractivity contribution in [2.45, 2.75) is 12.3 Å². The molecule has 0 radical (unpaired) electrons. The lowest BCUT2D eigenvalue weighted by Crippen LogP contribution is -2.40. The van der Waals surface area contributed by atoms with Crippen molar-refractivity contribution in [3.05, 3.63) is 0 Å². The summed E-state index contributed by atoms with van der Waals surface area (Å²) in [6.45, 7) is 0.884. The number of halogens is 2. The van der Waals surface area contributed by atoms with E-state index in [1.165, 1.54) is 0 Å². The number of nitrogens with two attached hydrogens (primary N) is 2. The zero-order valence-corrected chi connectivity index (χ0v) is 10.1. The molecule has 0 aromatic carbocycles. The van der Waals surface area contributed by atoms with Gasteiger partial charge < -0.3 is 11.5 Å². The summed E-state index contributed by atoms with van der Waals surface area (Å²) in [7, 11) is 0. The molecule has 100 valence electrons. The molecule has 0 saturated carbocycles. The van der Waals surface area contributed by atoms with Gasteiger partial charge in [0, 0.05) is 0 Å². The molecule has 10 heteroatoms. The Hall–Kier alpha value is -1.32. The van der Waals surface area contributed by atoms with E-state index in [0.717, 1.165) is 0 Å². The zero-order valence-electron chi connectivity index (χ0n) is 9.32. The molecule has 0 fully saturated rings. The van der Waals surface area contributed by atoms with Crippen molar-refractivity contribution in [1.29, 1.82) is 5.41 Å². The first-order chi connectivity index (χ1) is 7.97. The Morgan fingerprint density at radius 3 is 2.76 bits per heavy atom. The van der Waals surface area contributed by atoms with Crippen molar-refractivity contribution in [2.24, 2.45) is 16.6 Å². The molecule has 8 nitrogen and oxygen atoms in total. The molecule has 1 unspecified atom stereocenters. The summed E-state index contributed by atoms with van der Waals surface area (Å²) in [5.74, 6) is -0.759. The predicted molar refractivity (Wildman–Crippen MR) is 61.7 cm³/mol. The quantitative estimate of drug-likeness (QED) is 0.213. The van der Waals surface area contributed by atoms with Gasteiger partial charge in [0.1, 0.15) is 13.3 Å². The molecule has 0 rings (SSSR count). The van der Waals surface area contributed by atoms with Crippen LogP contribution in [0.5, 0.6) is 0 Å². The molecule has 0 amide bonds. The van der Waals surface area contributed by atoms with Crippen LogP contribution in [0.3, 0.4) is 0 Å². The second-order valence-corrected chi connectivity index (χ2v) is 3.60. The smallest absolute Gasteiger partial charge is 0.238 e. The maximum atomic E-state index is 11.8. The standard InChI is InChI=1S/C7H16ClFN6O2/c1-5(8)4-16-14-7(12)13-15(6(10)11)17-3-2-9/h5H,2-4H2,1H3,(H3,10,11)(H3,12,13,14). The highest BCUT2D eigenvalue weighted by molar-refractivity contribution is 6.20. The highest BCUT2D eigenvalue weighted by Crippen LogP contribution is 1.93. The molecule has 1 atom stereocenters. The van der Waals surface area contributed by atoms with E-state index in [-0.39, 0.29) is 24.6 Å².